The Labute approximate surface area is 104 Å². The minimum absolute atomic E-state index is 0.101. The molecule has 0 saturated carbocycles. The van der Waals surface area contributed by atoms with Crippen molar-refractivity contribution in [3.05, 3.63) is 40.0 Å². The highest BCUT2D eigenvalue weighted by atomic mass is 19.1. The smallest absolute Gasteiger partial charge is 0.351 e. The van der Waals surface area contributed by atoms with Gasteiger partial charge in [0.2, 0.25) is 0 Å². The minimum Gasteiger partial charge on any atom is -0.506 e. The van der Waals surface area contributed by atoms with E-state index in [2.05, 4.69) is 0 Å². The van der Waals surface area contributed by atoms with Crippen LogP contribution in [0.1, 0.15) is 16.8 Å². The van der Waals surface area contributed by atoms with E-state index in [0.717, 1.165) is 18.2 Å². The molecule has 0 radical (unpaired) electrons. The molecular weight excluding hydrogens is 259 g/mol. The molecule has 2 rings (SSSR count). The fraction of sp³-hybridized carbons (Fsp3) is 0.0833. The Bertz CT molecular complexity index is 746. The van der Waals surface area contributed by atoms with Crippen molar-refractivity contribution < 1.29 is 28.6 Å². The number of aromatic hydroxyl groups is 1. The Kier molecular flexibility index (Phi) is 3.04. The molecule has 0 atom stereocenters. The van der Waals surface area contributed by atoms with Crippen LogP contribution in [-0.2, 0) is 4.79 Å². The molecule has 0 unspecified atom stereocenters. The van der Waals surface area contributed by atoms with E-state index in [1.54, 1.807) is 0 Å². The molecular formula is C12H7FO6. The highest BCUT2D eigenvalue weighted by Gasteiger charge is 2.22. The van der Waals surface area contributed by atoms with Gasteiger partial charge >= 0.3 is 11.6 Å². The summed E-state index contributed by atoms with van der Waals surface area (Å²) in [5, 5.41) is 18.1. The number of halogens is 1. The first-order valence-electron chi connectivity index (χ1n) is 5.10. The Morgan fingerprint density at radius 2 is 2.00 bits per heavy atom. The van der Waals surface area contributed by atoms with Crippen molar-refractivity contribution in [1.82, 2.24) is 0 Å². The van der Waals surface area contributed by atoms with Crippen LogP contribution in [0.3, 0.4) is 0 Å². The van der Waals surface area contributed by atoms with Crippen LogP contribution in [0.5, 0.6) is 5.75 Å². The molecule has 0 spiro atoms. The van der Waals surface area contributed by atoms with Crippen LogP contribution in [-0.4, -0.2) is 22.0 Å². The summed E-state index contributed by atoms with van der Waals surface area (Å²) >= 11 is 0. The average Bonchev–Trinajstić information content (AvgIpc) is 2.29. The molecule has 0 bridgehead atoms. The number of carbonyl (C=O) groups excluding carboxylic acids is 1. The van der Waals surface area contributed by atoms with Crippen molar-refractivity contribution >= 4 is 22.7 Å². The Balaban J connectivity index is 2.71. The number of aliphatic carboxylic acids is 1. The second-order valence-electron chi connectivity index (χ2n) is 3.75. The van der Waals surface area contributed by atoms with Gasteiger partial charge in [0.25, 0.3) is 0 Å². The van der Waals surface area contributed by atoms with E-state index in [0.29, 0.717) is 0 Å². The van der Waals surface area contributed by atoms with Gasteiger partial charge in [-0.2, -0.15) is 0 Å². The predicted molar refractivity (Wildman–Crippen MR) is 60.7 cm³/mol. The summed E-state index contributed by atoms with van der Waals surface area (Å²) < 4.78 is 17.8. The van der Waals surface area contributed by atoms with Crippen LogP contribution in [0.25, 0.3) is 11.0 Å². The van der Waals surface area contributed by atoms with Gasteiger partial charge in [-0.1, -0.05) is 0 Å². The number of carboxylic acids is 1. The zero-order valence-corrected chi connectivity index (χ0v) is 9.34. The number of fused-ring (bicyclic) bond motifs is 1. The molecule has 98 valence electrons. The van der Waals surface area contributed by atoms with Gasteiger partial charge < -0.3 is 14.6 Å². The van der Waals surface area contributed by atoms with E-state index in [9.17, 15) is 23.9 Å². The van der Waals surface area contributed by atoms with Crippen molar-refractivity contribution in [1.29, 1.82) is 0 Å². The topological polar surface area (TPSA) is 105 Å². The molecule has 0 fully saturated rings. The molecule has 2 aromatic rings. The summed E-state index contributed by atoms with van der Waals surface area (Å²) in [6, 6.07) is 3.02. The van der Waals surface area contributed by atoms with Crippen LogP contribution in [0, 0.1) is 5.82 Å². The van der Waals surface area contributed by atoms with E-state index in [1.807, 2.05) is 0 Å². The number of carboxylic acid groups (broad SMARTS) is 1. The minimum atomic E-state index is -1.46. The zero-order valence-electron chi connectivity index (χ0n) is 9.34. The molecule has 2 N–H and O–H groups in total. The van der Waals surface area contributed by atoms with Crippen LogP contribution < -0.4 is 5.63 Å². The largest absolute Gasteiger partial charge is 0.506 e. The van der Waals surface area contributed by atoms with Crippen molar-refractivity contribution in [2.45, 2.75) is 6.42 Å². The Hall–Kier alpha value is -2.70. The Morgan fingerprint density at radius 1 is 1.32 bits per heavy atom. The highest BCUT2D eigenvalue weighted by molar-refractivity contribution is 6.09. The number of ketones is 1. The maximum Gasteiger partial charge on any atom is 0.351 e. The van der Waals surface area contributed by atoms with Gasteiger partial charge in [0.15, 0.2) is 5.78 Å². The second-order valence-corrected chi connectivity index (χ2v) is 3.75. The third-order valence-corrected chi connectivity index (χ3v) is 2.43. The Morgan fingerprint density at radius 3 is 2.63 bits per heavy atom. The molecule has 1 heterocycles. The standard InChI is InChI=1S/C12H7FO6/c13-5-1-2-8-6(3-5)11(17)10(12(18)19-8)7(14)4-9(15)16/h1-3,17H,4H2,(H,15,16). The van der Waals surface area contributed by atoms with Crippen molar-refractivity contribution in [2.75, 3.05) is 0 Å². The molecule has 7 heteroatoms. The van der Waals surface area contributed by atoms with Gasteiger partial charge in [-0.25, -0.2) is 9.18 Å². The summed E-state index contributed by atoms with van der Waals surface area (Å²) in [4.78, 5) is 33.5. The maximum atomic E-state index is 13.1. The van der Waals surface area contributed by atoms with Crippen molar-refractivity contribution in [3.8, 4) is 5.75 Å². The summed E-state index contributed by atoms with van der Waals surface area (Å²) in [6.07, 6.45) is -0.973. The molecule has 0 aliphatic carbocycles. The fourth-order valence-electron chi connectivity index (χ4n) is 1.63. The van der Waals surface area contributed by atoms with Gasteiger partial charge in [0.05, 0.1) is 5.39 Å². The lowest BCUT2D eigenvalue weighted by Gasteiger charge is -2.04. The zero-order chi connectivity index (χ0) is 14.2. The third kappa shape index (κ3) is 2.30. The SMILES string of the molecule is O=C(O)CC(=O)c1c(O)c2cc(F)ccc2oc1=O. The van der Waals surface area contributed by atoms with Crippen LogP contribution in [0.15, 0.2) is 27.4 Å². The number of rotatable bonds is 3. The first kappa shape index (κ1) is 12.7. The summed E-state index contributed by atoms with van der Waals surface area (Å²) in [5.74, 6) is -4.04. The van der Waals surface area contributed by atoms with E-state index in [-0.39, 0.29) is 11.0 Å². The quantitative estimate of drug-likeness (QED) is 0.492. The monoisotopic (exact) mass is 266 g/mol. The van der Waals surface area contributed by atoms with Gasteiger partial charge in [0.1, 0.15) is 29.1 Å². The van der Waals surface area contributed by atoms with Gasteiger partial charge in [-0.3, -0.25) is 9.59 Å². The first-order chi connectivity index (χ1) is 8.90. The van der Waals surface area contributed by atoms with E-state index < -0.39 is 40.9 Å². The lowest BCUT2D eigenvalue weighted by molar-refractivity contribution is -0.135. The maximum absolute atomic E-state index is 13.1. The van der Waals surface area contributed by atoms with E-state index in [1.165, 1.54) is 0 Å². The van der Waals surface area contributed by atoms with E-state index in [4.69, 9.17) is 9.52 Å². The molecule has 0 saturated heterocycles. The lowest BCUT2D eigenvalue weighted by atomic mass is 10.1. The normalized spacial score (nSPS) is 10.6. The third-order valence-electron chi connectivity index (χ3n) is 2.43. The van der Waals surface area contributed by atoms with Crippen LogP contribution in [0.4, 0.5) is 4.39 Å². The number of hydrogen-bond donors (Lipinski definition) is 2. The van der Waals surface area contributed by atoms with Crippen LogP contribution >= 0.6 is 0 Å². The highest BCUT2D eigenvalue weighted by Crippen LogP contribution is 2.27. The predicted octanol–water partition coefficient (Wildman–Crippen LogP) is 1.30. The lowest BCUT2D eigenvalue weighted by Crippen LogP contribution is -2.17. The van der Waals surface area contributed by atoms with Crippen molar-refractivity contribution in [3.63, 3.8) is 0 Å². The summed E-state index contributed by atoms with van der Waals surface area (Å²) in [7, 11) is 0. The van der Waals surface area contributed by atoms with Gasteiger partial charge in [0, 0.05) is 0 Å². The first-order valence-corrected chi connectivity index (χ1v) is 5.10. The number of Topliss-reactive ketones (excluding diaryl/α,β-unsaturated/α-hetero) is 1. The molecule has 0 aliphatic rings. The second kappa shape index (κ2) is 4.52. The summed E-state index contributed by atoms with van der Waals surface area (Å²) in [6.45, 7) is 0. The molecule has 0 aliphatic heterocycles. The molecule has 1 aromatic heterocycles. The number of benzene rings is 1. The molecule has 6 nitrogen and oxygen atoms in total. The average molecular weight is 266 g/mol. The van der Waals surface area contributed by atoms with E-state index >= 15 is 0 Å². The van der Waals surface area contributed by atoms with Crippen molar-refractivity contribution in [2.24, 2.45) is 0 Å². The van der Waals surface area contributed by atoms with Crippen LogP contribution in [0.2, 0.25) is 0 Å². The number of carbonyl (C=O) groups is 2. The fourth-order valence-corrected chi connectivity index (χ4v) is 1.63. The number of hydrogen-bond acceptors (Lipinski definition) is 5. The molecule has 1 aromatic carbocycles. The summed E-state index contributed by atoms with van der Waals surface area (Å²) in [5.41, 5.74) is -2.06. The molecule has 19 heavy (non-hydrogen) atoms. The molecule has 0 amide bonds. The van der Waals surface area contributed by atoms with Gasteiger partial charge in [-0.15, -0.1) is 0 Å². The van der Waals surface area contributed by atoms with Gasteiger partial charge in [-0.05, 0) is 18.2 Å².